The highest BCUT2D eigenvalue weighted by atomic mass is 32.1. The van der Waals surface area contributed by atoms with Crippen LogP contribution in [0.15, 0.2) is 48.0 Å². The second-order valence-electron chi connectivity index (χ2n) is 4.13. The molecule has 0 bridgehead atoms. The Bertz CT molecular complexity index is 747. The first kappa shape index (κ1) is 12.4. The third-order valence-electron chi connectivity index (χ3n) is 2.82. The Kier molecular flexibility index (Phi) is 2.96. The molecule has 0 saturated carbocycles. The van der Waals surface area contributed by atoms with Crippen LogP contribution in [0.5, 0.6) is 0 Å². The summed E-state index contributed by atoms with van der Waals surface area (Å²) in [5, 5.41) is 17.0. The summed E-state index contributed by atoms with van der Waals surface area (Å²) in [7, 11) is 0. The number of benzene rings is 1. The number of aromatic nitrogens is 2. The molecule has 0 aliphatic carbocycles. The molecule has 0 aliphatic heterocycles. The van der Waals surface area contributed by atoms with Crippen molar-refractivity contribution in [1.29, 1.82) is 0 Å². The second kappa shape index (κ2) is 4.78. The van der Waals surface area contributed by atoms with Crippen molar-refractivity contribution >= 4 is 22.7 Å². The van der Waals surface area contributed by atoms with Gasteiger partial charge in [-0.3, -0.25) is 10.1 Å². The minimum Gasteiger partial charge on any atom is -0.396 e. The average molecular weight is 286 g/mol. The summed E-state index contributed by atoms with van der Waals surface area (Å²) in [5.41, 5.74) is 8.03. The van der Waals surface area contributed by atoms with Gasteiger partial charge in [-0.1, -0.05) is 6.07 Å². The van der Waals surface area contributed by atoms with Gasteiger partial charge in [0.25, 0.3) is 5.69 Å². The maximum atomic E-state index is 10.6. The molecule has 0 aliphatic rings. The zero-order chi connectivity index (χ0) is 14.1. The lowest BCUT2D eigenvalue weighted by Gasteiger charge is -2.00. The van der Waals surface area contributed by atoms with Crippen LogP contribution in [0.4, 0.5) is 11.4 Å². The van der Waals surface area contributed by atoms with E-state index in [9.17, 15) is 10.1 Å². The molecule has 2 heterocycles. The summed E-state index contributed by atoms with van der Waals surface area (Å²) in [6.07, 6.45) is 1.70. The maximum Gasteiger partial charge on any atom is 0.269 e. The van der Waals surface area contributed by atoms with Crippen LogP contribution < -0.4 is 5.73 Å². The van der Waals surface area contributed by atoms with Crippen LogP contribution >= 0.6 is 11.3 Å². The number of thiophene rings is 1. The Morgan fingerprint density at radius 2 is 2.00 bits per heavy atom. The van der Waals surface area contributed by atoms with Crippen molar-refractivity contribution < 1.29 is 4.92 Å². The van der Waals surface area contributed by atoms with Crippen LogP contribution in [-0.2, 0) is 0 Å². The maximum absolute atomic E-state index is 10.6. The summed E-state index contributed by atoms with van der Waals surface area (Å²) in [5.74, 6) is 0. The first-order chi connectivity index (χ1) is 9.65. The molecule has 3 aromatic rings. The van der Waals surface area contributed by atoms with Crippen LogP contribution in [0.3, 0.4) is 0 Å². The number of nitrogens with zero attached hydrogens (tertiary/aromatic N) is 3. The number of nitrogen functional groups attached to an aromatic ring is 1. The first-order valence-corrected chi connectivity index (χ1v) is 6.67. The number of nitro benzene ring substituents is 1. The second-order valence-corrected chi connectivity index (χ2v) is 5.08. The van der Waals surface area contributed by atoms with Crippen LogP contribution in [0.2, 0.25) is 0 Å². The third kappa shape index (κ3) is 2.14. The molecule has 0 radical (unpaired) electrons. The quantitative estimate of drug-likeness (QED) is 0.592. The minimum absolute atomic E-state index is 0.0485. The van der Waals surface area contributed by atoms with Gasteiger partial charge in [0.05, 0.1) is 27.4 Å². The van der Waals surface area contributed by atoms with E-state index in [1.54, 1.807) is 34.3 Å². The van der Waals surface area contributed by atoms with Crippen LogP contribution in [0, 0.1) is 10.1 Å². The lowest BCUT2D eigenvalue weighted by molar-refractivity contribution is -0.384. The highest BCUT2D eigenvalue weighted by molar-refractivity contribution is 7.13. The van der Waals surface area contributed by atoms with E-state index in [0.29, 0.717) is 5.69 Å². The van der Waals surface area contributed by atoms with Crippen molar-refractivity contribution in [2.75, 3.05) is 5.73 Å². The fourth-order valence-corrected chi connectivity index (χ4v) is 2.58. The fraction of sp³-hybridized carbons (Fsp3) is 0. The molecule has 0 saturated heterocycles. The SMILES string of the molecule is Nc1cn(-c2ccc([N+](=O)[O-])cc2)nc1-c1cccs1. The van der Waals surface area contributed by atoms with Crippen LogP contribution in [0.1, 0.15) is 0 Å². The fourth-order valence-electron chi connectivity index (χ4n) is 1.85. The molecular weight excluding hydrogens is 276 g/mol. The van der Waals surface area contributed by atoms with Gasteiger partial charge in [0.15, 0.2) is 0 Å². The molecule has 100 valence electrons. The van der Waals surface area contributed by atoms with Crippen molar-refractivity contribution in [1.82, 2.24) is 9.78 Å². The average Bonchev–Trinajstić information content (AvgIpc) is 3.07. The van der Waals surface area contributed by atoms with E-state index in [2.05, 4.69) is 5.10 Å². The number of non-ortho nitro benzene ring substituents is 1. The van der Waals surface area contributed by atoms with Crippen molar-refractivity contribution in [3.8, 4) is 16.3 Å². The molecular formula is C13H10N4O2S. The lowest BCUT2D eigenvalue weighted by Crippen LogP contribution is -1.95. The Labute approximate surface area is 118 Å². The van der Waals surface area contributed by atoms with Crippen molar-refractivity contribution in [2.45, 2.75) is 0 Å². The predicted molar refractivity (Wildman–Crippen MR) is 77.9 cm³/mol. The van der Waals surface area contributed by atoms with E-state index in [-0.39, 0.29) is 5.69 Å². The van der Waals surface area contributed by atoms with Gasteiger partial charge in [0.1, 0.15) is 5.69 Å². The monoisotopic (exact) mass is 286 g/mol. The van der Waals surface area contributed by atoms with E-state index < -0.39 is 4.92 Å². The summed E-state index contributed by atoms with van der Waals surface area (Å²) in [4.78, 5) is 11.2. The predicted octanol–water partition coefficient (Wildman–Crippen LogP) is 3.09. The highest BCUT2D eigenvalue weighted by Crippen LogP contribution is 2.29. The molecule has 0 amide bonds. The van der Waals surface area contributed by atoms with E-state index in [1.807, 2.05) is 17.5 Å². The Balaban J connectivity index is 1.99. The first-order valence-electron chi connectivity index (χ1n) is 5.79. The normalized spacial score (nSPS) is 10.6. The van der Waals surface area contributed by atoms with Gasteiger partial charge in [-0.05, 0) is 23.6 Å². The number of nitrogens with two attached hydrogens (primary N) is 1. The van der Waals surface area contributed by atoms with E-state index in [0.717, 1.165) is 16.3 Å². The van der Waals surface area contributed by atoms with Gasteiger partial charge in [0.2, 0.25) is 0 Å². The molecule has 20 heavy (non-hydrogen) atoms. The van der Waals surface area contributed by atoms with E-state index in [1.165, 1.54) is 12.1 Å². The van der Waals surface area contributed by atoms with Crippen molar-refractivity contribution in [3.63, 3.8) is 0 Å². The molecule has 2 N–H and O–H groups in total. The number of hydrogen-bond donors (Lipinski definition) is 1. The Hall–Kier alpha value is -2.67. The molecule has 0 atom stereocenters. The summed E-state index contributed by atoms with van der Waals surface area (Å²) < 4.78 is 1.62. The lowest BCUT2D eigenvalue weighted by atomic mass is 10.3. The molecule has 3 rings (SSSR count). The van der Waals surface area contributed by atoms with Crippen molar-refractivity contribution in [3.05, 3.63) is 58.1 Å². The van der Waals surface area contributed by atoms with Crippen LogP contribution in [-0.4, -0.2) is 14.7 Å². The number of rotatable bonds is 3. The van der Waals surface area contributed by atoms with E-state index >= 15 is 0 Å². The van der Waals surface area contributed by atoms with Gasteiger partial charge < -0.3 is 5.73 Å². The number of nitro groups is 1. The van der Waals surface area contributed by atoms with Crippen molar-refractivity contribution in [2.24, 2.45) is 0 Å². The van der Waals surface area contributed by atoms with Gasteiger partial charge in [-0.15, -0.1) is 11.3 Å². The van der Waals surface area contributed by atoms with Crippen LogP contribution in [0.25, 0.3) is 16.3 Å². The Morgan fingerprint density at radius 3 is 2.60 bits per heavy atom. The third-order valence-corrected chi connectivity index (χ3v) is 3.70. The zero-order valence-corrected chi connectivity index (χ0v) is 11.1. The summed E-state index contributed by atoms with van der Waals surface area (Å²) in [6, 6.07) is 10.1. The molecule has 0 fully saturated rings. The Morgan fingerprint density at radius 1 is 1.25 bits per heavy atom. The molecule has 2 aromatic heterocycles. The molecule has 0 spiro atoms. The molecule has 1 aromatic carbocycles. The standard InChI is InChI=1S/C13H10N4O2S/c14-11-8-16(15-13(11)12-2-1-7-20-12)9-3-5-10(6-4-9)17(18)19/h1-8H,14H2. The molecule has 6 nitrogen and oxygen atoms in total. The zero-order valence-electron chi connectivity index (χ0n) is 10.3. The summed E-state index contributed by atoms with van der Waals surface area (Å²) in [6.45, 7) is 0. The van der Waals surface area contributed by atoms with Gasteiger partial charge in [-0.25, -0.2) is 4.68 Å². The summed E-state index contributed by atoms with van der Waals surface area (Å²) >= 11 is 1.56. The topological polar surface area (TPSA) is 87.0 Å². The molecule has 0 unspecified atom stereocenters. The number of hydrogen-bond acceptors (Lipinski definition) is 5. The highest BCUT2D eigenvalue weighted by Gasteiger charge is 2.11. The number of anilines is 1. The van der Waals surface area contributed by atoms with Gasteiger partial charge >= 0.3 is 0 Å². The van der Waals surface area contributed by atoms with E-state index in [4.69, 9.17) is 5.73 Å². The largest absolute Gasteiger partial charge is 0.396 e. The van der Waals surface area contributed by atoms with Gasteiger partial charge in [-0.2, -0.15) is 5.10 Å². The minimum atomic E-state index is -0.432. The van der Waals surface area contributed by atoms with Gasteiger partial charge in [0, 0.05) is 12.1 Å². The molecule has 7 heteroatoms. The smallest absolute Gasteiger partial charge is 0.269 e.